The molecular weight excluding hydrogens is 351 g/mol. The summed E-state index contributed by atoms with van der Waals surface area (Å²) in [6.45, 7) is 0. The number of halogens is 2. The van der Waals surface area contributed by atoms with Crippen molar-refractivity contribution in [1.29, 1.82) is 0 Å². The van der Waals surface area contributed by atoms with Gasteiger partial charge in [-0.05, 0) is 24.3 Å². The fourth-order valence-electron chi connectivity index (χ4n) is 1.60. The zero-order valence-corrected chi connectivity index (χ0v) is 13.5. The molecule has 1 aromatic carbocycles. The van der Waals surface area contributed by atoms with Crippen LogP contribution in [-0.4, -0.2) is 26.4 Å². The van der Waals surface area contributed by atoms with E-state index in [-0.39, 0.29) is 20.6 Å². The van der Waals surface area contributed by atoms with Crippen LogP contribution in [0.1, 0.15) is 10.5 Å². The number of sulfonamides is 1. The maximum Gasteiger partial charge on any atom is 0.283 e. The van der Waals surface area contributed by atoms with Crippen molar-refractivity contribution in [3.63, 3.8) is 0 Å². The Kier molecular flexibility index (Phi) is 4.90. The highest BCUT2D eigenvalue weighted by Crippen LogP contribution is 2.28. The molecule has 0 unspecified atom stereocenters. The average molecular weight is 361 g/mol. The van der Waals surface area contributed by atoms with Crippen molar-refractivity contribution in [2.75, 3.05) is 7.11 Å². The van der Waals surface area contributed by atoms with Crippen molar-refractivity contribution in [3.8, 4) is 5.75 Å². The van der Waals surface area contributed by atoms with Crippen LogP contribution in [0.25, 0.3) is 0 Å². The third-order valence-electron chi connectivity index (χ3n) is 2.62. The van der Waals surface area contributed by atoms with E-state index < -0.39 is 15.9 Å². The molecule has 0 fully saturated rings. The maximum atomic E-state index is 12.2. The number of rotatable bonds is 4. The number of methoxy groups -OCH3 is 1. The number of benzene rings is 1. The van der Waals surface area contributed by atoms with E-state index in [1.54, 1.807) is 0 Å². The van der Waals surface area contributed by atoms with E-state index in [9.17, 15) is 13.2 Å². The second-order valence-corrected chi connectivity index (χ2v) is 6.50. The third kappa shape index (κ3) is 3.49. The third-order valence-corrected chi connectivity index (χ3v) is 4.90. The van der Waals surface area contributed by atoms with Gasteiger partial charge in [0.2, 0.25) is 0 Å². The van der Waals surface area contributed by atoms with Crippen LogP contribution in [0.15, 0.2) is 41.4 Å². The van der Waals surface area contributed by atoms with Crippen LogP contribution in [-0.2, 0) is 10.0 Å². The van der Waals surface area contributed by atoms with E-state index in [0.717, 1.165) is 0 Å². The zero-order valence-electron chi connectivity index (χ0n) is 11.2. The number of pyridine rings is 1. The molecule has 1 N–H and O–H groups in total. The molecule has 6 nitrogen and oxygen atoms in total. The zero-order chi connectivity index (χ0) is 16.3. The summed E-state index contributed by atoms with van der Waals surface area (Å²) >= 11 is 11.7. The summed E-state index contributed by atoms with van der Waals surface area (Å²) in [5, 5.41) is -0.175. The fourth-order valence-corrected chi connectivity index (χ4v) is 3.71. The summed E-state index contributed by atoms with van der Waals surface area (Å²) < 4.78 is 31.2. The van der Waals surface area contributed by atoms with Crippen LogP contribution in [0.4, 0.5) is 0 Å². The van der Waals surface area contributed by atoms with Crippen molar-refractivity contribution in [2.24, 2.45) is 0 Å². The number of ether oxygens (including phenoxy) is 1. The van der Waals surface area contributed by atoms with Gasteiger partial charge in [-0.1, -0.05) is 29.3 Å². The minimum atomic E-state index is -4.22. The Morgan fingerprint density at radius 3 is 2.32 bits per heavy atom. The highest BCUT2D eigenvalue weighted by atomic mass is 35.5. The van der Waals surface area contributed by atoms with Gasteiger partial charge in [0.15, 0.2) is 0 Å². The van der Waals surface area contributed by atoms with Crippen molar-refractivity contribution >= 4 is 39.1 Å². The monoisotopic (exact) mass is 360 g/mol. The summed E-state index contributed by atoms with van der Waals surface area (Å²) in [5.74, 6) is -0.466. The molecule has 2 rings (SSSR count). The van der Waals surface area contributed by atoms with E-state index in [2.05, 4.69) is 4.98 Å². The van der Waals surface area contributed by atoms with Crippen LogP contribution >= 0.6 is 23.2 Å². The molecule has 1 aromatic heterocycles. The number of hydrogen-bond acceptors (Lipinski definition) is 5. The standard InChI is InChI=1S/C13H10Cl2N2O4S/c1-21-8-5-6-11(16-7-8)13(18)17-22(19,20)12-9(14)3-2-4-10(12)15/h2-7H,1H3,(H,17,18). The van der Waals surface area contributed by atoms with Gasteiger partial charge in [0.25, 0.3) is 15.9 Å². The van der Waals surface area contributed by atoms with E-state index in [4.69, 9.17) is 27.9 Å². The molecule has 0 aliphatic carbocycles. The van der Waals surface area contributed by atoms with E-state index in [0.29, 0.717) is 5.75 Å². The molecular formula is C13H10Cl2N2O4S. The SMILES string of the molecule is COc1ccc(C(=O)NS(=O)(=O)c2c(Cl)cccc2Cl)nc1. The molecule has 0 saturated carbocycles. The Balaban J connectivity index is 2.30. The van der Waals surface area contributed by atoms with Crippen molar-refractivity contribution in [2.45, 2.75) is 4.90 Å². The van der Waals surface area contributed by atoms with Crippen molar-refractivity contribution < 1.29 is 17.9 Å². The number of aromatic nitrogens is 1. The van der Waals surface area contributed by atoms with Crippen LogP contribution in [0.2, 0.25) is 10.0 Å². The largest absolute Gasteiger partial charge is 0.495 e. The first-order valence-corrected chi connectivity index (χ1v) is 8.10. The Labute approximate surface area is 137 Å². The molecule has 0 aliphatic rings. The lowest BCUT2D eigenvalue weighted by Gasteiger charge is -2.09. The molecule has 116 valence electrons. The molecule has 1 heterocycles. The molecule has 0 radical (unpaired) electrons. The first kappa shape index (κ1) is 16.5. The first-order valence-electron chi connectivity index (χ1n) is 5.86. The van der Waals surface area contributed by atoms with Gasteiger partial charge in [-0.25, -0.2) is 18.1 Å². The summed E-state index contributed by atoms with van der Waals surface area (Å²) in [6, 6.07) is 7.03. The van der Waals surface area contributed by atoms with E-state index >= 15 is 0 Å². The van der Waals surface area contributed by atoms with Gasteiger partial charge < -0.3 is 4.74 Å². The molecule has 0 saturated heterocycles. The predicted molar refractivity (Wildman–Crippen MR) is 81.9 cm³/mol. The Hall–Kier alpha value is -1.83. The lowest BCUT2D eigenvalue weighted by atomic mass is 10.3. The summed E-state index contributed by atoms with van der Waals surface area (Å²) in [4.78, 5) is 15.4. The number of carbonyl (C=O) groups is 1. The number of amides is 1. The molecule has 0 spiro atoms. The van der Waals surface area contributed by atoms with Crippen LogP contribution in [0, 0.1) is 0 Å². The Morgan fingerprint density at radius 1 is 1.18 bits per heavy atom. The highest BCUT2D eigenvalue weighted by Gasteiger charge is 2.24. The minimum absolute atomic E-state index is 0.0875. The maximum absolute atomic E-state index is 12.2. The van der Waals surface area contributed by atoms with Gasteiger partial charge >= 0.3 is 0 Å². The molecule has 2 aromatic rings. The van der Waals surface area contributed by atoms with Gasteiger partial charge in [-0.2, -0.15) is 0 Å². The minimum Gasteiger partial charge on any atom is -0.495 e. The average Bonchev–Trinajstić information content (AvgIpc) is 2.46. The van der Waals surface area contributed by atoms with Crippen molar-refractivity contribution in [1.82, 2.24) is 9.71 Å². The van der Waals surface area contributed by atoms with Gasteiger partial charge in [-0.3, -0.25) is 4.79 Å². The molecule has 22 heavy (non-hydrogen) atoms. The lowest BCUT2D eigenvalue weighted by Crippen LogP contribution is -2.31. The Morgan fingerprint density at radius 2 is 1.82 bits per heavy atom. The van der Waals surface area contributed by atoms with E-state index in [1.807, 2.05) is 4.72 Å². The van der Waals surface area contributed by atoms with Gasteiger partial charge in [-0.15, -0.1) is 0 Å². The predicted octanol–water partition coefficient (Wildman–Crippen LogP) is 2.52. The van der Waals surface area contributed by atoms with Crippen LogP contribution in [0.5, 0.6) is 5.75 Å². The first-order chi connectivity index (χ1) is 10.3. The summed E-state index contributed by atoms with van der Waals surface area (Å²) in [5.41, 5.74) is -0.0902. The normalized spacial score (nSPS) is 11.0. The van der Waals surface area contributed by atoms with Gasteiger partial charge in [0.05, 0.1) is 23.4 Å². The number of nitrogens with zero attached hydrogens (tertiary/aromatic N) is 1. The highest BCUT2D eigenvalue weighted by molar-refractivity contribution is 7.90. The quantitative estimate of drug-likeness (QED) is 0.905. The molecule has 1 amide bonds. The number of hydrogen-bond donors (Lipinski definition) is 1. The molecule has 0 bridgehead atoms. The second kappa shape index (κ2) is 6.51. The fraction of sp³-hybridized carbons (Fsp3) is 0.0769. The summed E-state index contributed by atoms with van der Waals surface area (Å²) in [7, 11) is -2.77. The molecule has 9 heteroatoms. The molecule has 0 aliphatic heterocycles. The van der Waals surface area contributed by atoms with Crippen molar-refractivity contribution in [3.05, 3.63) is 52.3 Å². The van der Waals surface area contributed by atoms with Crippen LogP contribution in [0.3, 0.4) is 0 Å². The van der Waals surface area contributed by atoms with Gasteiger partial charge in [0, 0.05) is 0 Å². The van der Waals surface area contributed by atoms with Gasteiger partial charge in [0.1, 0.15) is 16.3 Å². The lowest BCUT2D eigenvalue weighted by molar-refractivity contribution is 0.0976. The second-order valence-electron chi connectivity index (χ2n) is 4.07. The van der Waals surface area contributed by atoms with Crippen LogP contribution < -0.4 is 9.46 Å². The smallest absolute Gasteiger partial charge is 0.283 e. The van der Waals surface area contributed by atoms with E-state index in [1.165, 1.54) is 43.6 Å². The topological polar surface area (TPSA) is 85.4 Å². The Bertz CT molecular complexity index is 787. The summed E-state index contributed by atoms with van der Waals surface area (Å²) in [6.07, 6.45) is 1.30. The molecule has 0 atom stereocenters. The number of carbonyl (C=O) groups excluding carboxylic acids is 1. The number of nitrogens with one attached hydrogen (secondary N) is 1.